The van der Waals surface area contributed by atoms with Crippen LogP contribution in [0.2, 0.25) is 0 Å². The van der Waals surface area contributed by atoms with Gasteiger partial charge in [0.15, 0.2) is 0 Å². The maximum absolute atomic E-state index is 10.9. The third kappa shape index (κ3) is 4.52. The lowest BCUT2D eigenvalue weighted by Gasteiger charge is -2.32. The highest BCUT2D eigenvalue weighted by molar-refractivity contribution is 5.66. The fourth-order valence-electron chi connectivity index (χ4n) is 3.50. The van der Waals surface area contributed by atoms with Crippen LogP contribution in [-0.2, 0) is 4.79 Å². The highest BCUT2D eigenvalue weighted by Crippen LogP contribution is 2.26. The fraction of sp³-hybridized carbons (Fsp3) is 0.476. The predicted octanol–water partition coefficient (Wildman–Crippen LogP) is 2.96. The number of carbonyl (C=O) groups excluding carboxylic acids is 1. The number of hydrogen-bond donors (Lipinski definition) is 1. The second kappa shape index (κ2) is 8.91. The molecule has 1 aliphatic rings. The van der Waals surface area contributed by atoms with Crippen LogP contribution in [0.4, 0.5) is 23.1 Å². The first-order valence-electron chi connectivity index (χ1n) is 9.96. The van der Waals surface area contributed by atoms with Gasteiger partial charge < -0.3 is 20.0 Å². The number of hydrogen-bond acceptors (Lipinski definition) is 6. The fourth-order valence-corrected chi connectivity index (χ4v) is 3.50. The molecule has 1 aliphatic heterocycles. The number of carbonyl (C=O) groups is 1. The van der Waals surface area contributed by atoms with E-state index in [1.165, 1.54) is 11.3 Å². The Morgan fingerprint density at radius 2 is 1.79 bits per heavy atom. The van der Waals surface area contributed by atoms with Gasteiger partial charge in [0.25, 0.3) is 0 Å². The molecule has 0 saturated carbocycles. The van der Waals surface area contributed by atoms with Crippen molar-refractivity contribution in [2.24, 2.45) is 0 Å². The van der Waals surface area contributed by atoms with Crippen LogP contribution in [0.25, 0.3) is 0 Å². The molecule has 0 radical (unpaired) electrons. The molecule has 0 atom stereocenters. The maximum atomic E-state index is 10.9. The van der Waals surface area contributed by atoms with Crippen LogP contribution in [-0.4, -0.2) is 60.5 Å². The van der Waals surface area contributed by atoms with Crippen LogP contribution in [0.1, 0.15) is 25.1 Å². The number of amides is 1. The summed E-state index contributed by atoms with van der Waals surface area (Å²) in [5.41, 5.74) is 4.39. The predicted molar refractivity (Wildman–Crippen MR) is 115 cm³/mol. The van der Waals surface area contributed by atoms with Crippen LogP contribution >= 0.6 is 0 Å². The molecule has 3 rings (SSSR count). The summed E-state index contributed by atoms with van der Waals surface area (Å²) in [5.74, 6) is 1.50. The molecule has 2 aromatic rings. The van der Waals surface area contributed by atoms with Crippen LogP contribution in [0.5, 0.6) is 0 Å². The first-order valence-corrected chi connectivity index (χ1v) is 9.96. The summed E-state index contributed by atoms with van der Waals surface area (Å²) in [6.07, 6.45) is 0.909. The Kier molecular flexibility index (Phi) is 6.34. The second-order valence-corrected chi connectivity index (χ2v) is 7.12. The second-order valence-electron chi connectivity index (χ2n) is 7.12. The molecule has 7 heteroatoms. The van der Waals surface area contributed by atoms with Gasteiger partial charge in [0.1, 0.15) is 5.82 Å². The van der Waals surface area contributed by atoms with E-state index in [0.717, 1.165) is 49.8 Å². The largest absolute Gasteiger partial charge is 0.372 e. The van der Waals surface area contributed by atoms with Gasteiger partial charge in [-0.25, -0.2) is 4.98 Å². The Labute approximate surface area is 167 Å². The molecule has 0 spiro atoms. The minimum atomic E-state index is 0.704. The molecule has 1 aromatic heterocycles. The van der Waals surface area contributed by atoms with Gasteiger partial charge in [0.2, 0.25) is 12.4 Å². The standard InChI is InChI=1S/C21H30N6O/c1-5-26(6-2)18-7-8-19(16(3)13-18)23-20-14-17(4)22-21(24-20)27-11-9-25(15-28)10-12-27/h7-8,13-15H,5-6,9-12H2,1-4H3,(H,22,23,24). The van der Waals surface area contributed by atoms with Gasteiger partial charge in [0, 0.05) is 62.4 Å². The van der Waals surface area contributed by atoms with Crippen molar-refractivity contribution in [1.82, 2.24) is 14.9 Å². The third-order valence-electron chi connectivity index (χ3n) is 5.19. The SMILES string of the molecule is CCN(CC)c1ccc(Nc2cc(C)nc(N3CCN(C=O)CC3)n2)c(C)c1. The molecule has 1 amide bonds. The van der Waals surface area contributed by atoms with Crippen molar-refractivity contribution in [1.29, 1.82) is 0 Å². The molecule has 7 nitrogen and oxygen atoms in total. The van der Waals surface area contributed by atoms with Crippen molar-refractivity contribution in [3.63, 3.8) is 0 Å². The number of nitrogens with zero attached hydrogens (tertiary/aromatic N) is 5. The topological polar surface area (TPSA) is 64.6 Å². The Hall–Kier alpha value is -2.83. The molecule has 1 aromatic carbocycles. The number of aromatic nitrogens is 2. The van der Waals surface area contributed by atoms with Crippen molar-refractivity contribution < 1.29 is 4.79 Å². The number of aryl methyl sites for hydroxylation is 2. The quantitative estimate of drug-likeness (QED) is 0.743. The van der Waals surface area contributed by atoms with E-state index < -0.39 is 0 Å². The van der Waals surface area contributed by atoms with E-state index in [1.54, 1.807) is 4.90 Å². The summed E-state index contributed by atoms with van der Waals surface area (Å²) in [4.78, 5) is 26.5. The van der Waals surface area contributed by atoms with E-state index in [2.05, 4.69) is 59.1 Å². The Morgan fingerprint density at radius 3 is 2.39 bits per heavy atom. The number of rotatable bonds is 7. The number of anilines is 4. The lowest BCUT2D eigenvalue weighted by Crippen LogP contribution is -2.46. The van der Waals surface area contributed by atoms with Crippen LogP contribution in [0.3, 0.4) is 0 Å². The Morgan fingerprint density at radius 1 is 1.07 bits per heavy atom. The van der Waals surface area contributed by atoms with E-state index in [1.807, 2.05) is 13.0 Å². The van der Waals surface area contributed by atoms with Crippen LogP contribution < -0.4 is 15.1 Å². The van der Waals surface area contributed by atoms with Crippen LogP contribution in [0, 0.1) is 13.8 Å². The first-order chi connectivity index (χ1) is 13.5. The van der Waals surface area contributed by atoms with Crippen molar-refractivity contribution in [3.05, 3.63) is 35.5 Å². The smallest absolute Gasteiger partial charge is 0.227 e. The van der Waals surface area contributed by atoms with Crippen molar-refractivity contribution >= 4 is 29.6 Å². The van der Waals surface area contributed by atoms with Gasteiger partial charge in [-0.15, -0.1) is 0 Å². The van der Waals surface area contributed by atoms with Gasteiger partial charge >= 0.3 is 0 Å². The molecule has 150 valence electrons. The van der Waals surface area contributed by atoms with Gasteiger partial charge in [-0.05, 0) is 51.5 Å². The zero-order valence-electron chi connectivity index (χ0n) is 17.3. The highest BCUT2D eigenvalue weighted by Gasteiger charge is 2.18. The molecule has 0 bridgehead atoms. The minimum Gasteiger partial charge on any atom is -0.372 e. The number of nitrogens with one attached hydrogen (secondary N) is 1. The van der Waals surface area contributed by atoms with Crippen molar-refractivity contribution in [2.75, 3.05) is 54.4 Å². The summed E-state index contributed by atoms with van der Waals surface area (Å²) in [6, 6.07) is 8.44. The van der Waals surface area contributed by atoms with E-state index in [4.69, 9.17) is 4.98 Å². The molecule has 0 aliphatic carbocycles. The monoisotopic (exact) mass is 382 g/mol. The van der Waals surface area contributed by atoms with E-state index in [-0.39, 0.29) is 0 Å². The number of piperazine rings is 1. The lowest BCUT2D eigenvalue weighted by molar-refractivity contribution is -0.118. The average molecular weight is 383 g/mol. The van der Waals surface area contributed by atoms with Crippen LogP contribution in [0.15, 0.2) is 24.3 Å². The van der Waals surface area contributed by atoms with E-state index in [9.17, 15) is 4.79 Å². The zero-order chi connectivity index (χ0) is 20.1. The summed E-state index contributed by atoms with van der Waals surface area (Å²) in [7, 11) is 0. The number of benzene rings is 1. The van der Waals surface area contributed by atoms with E-state index >= 15 is 0 Å². The van der Waals surface area contributed by atoms with Gasteiger partial charge in [-0.3, -0.25) is 4.79 Å². The first kappa shape index (κ1) is 19.9. The molecule has 1 saturated heterocycles. The summed E-state index contributed by atoms with van der Waals surface area (Å²) < 4.78 is 0. The molecule has 28 heavy (non-hydrogen) atoms. The summed E-state index contributed by atoms with van der Waals surface area (Å²) in [6.45, 7) is 13.3. The minimum absolute atomic E-state index is 0.704. The molecule has 2 heterocycles. The molecule has 1 fully saturated rings. The molecule has 1 N–H and O–H groups in total. The maximum Gasteiger partial charge on any atom is 0.227 e. The summed E-state index contributed by atoms with van der Waals surface area (Å²) >= 11 is 0. The average Bonchev–Trinajstić information content (AvgIpc) is 2.70. The Balaban J connectivity index is 1.77. The Bertz CT molecular complexity index is 813. The van der Waals surface area contributed by atoms with Gasteiger partial charge in [0.05, 0.1) is 0 Å². The third-order valence-corrected chi connectivity index (χ3v) is 5.19. The summed E-state index contributed by atoms with van der Waals surface area (Å²) in [5, 5.41) is 3.45. The van der Waals surface area contributed by atoms with Crippen molar-refractivity contribution in [3.8, 4) is 0 Å². The highest BCUT2D eigenvalue weighted by atomic mass is 16.1. The van der Waals surface area contributed by atoms with Crippen molar-refractivity contribution in [2.45, 2.75) is 27.7 Å². The lowest BCUT2D eigenvalue weighted by atomic mass is 10.1. The zero-order valence-corrected chi connectivity index (χ0v) is 17.3. The molecule has 0 unspecified atom stereocenters. The molecular formula is C21H30N6O. The van der Waals surface area contributed by atoms with Gasteiger partial charge in [-0.1, -0.05) is 0 Å². The normalized spacial score (nSPS) is 14.1. The molecular weight excluding hydrogens is 352 g/mol. The van der Waals surface area contributed by atoms with E-state index in [0.29, 0.717) is 19.0 Å². The van der Waals surface area contributed by atoms with Gasteiger partial charge in [-0.2, -0.15) is 4.98 Å².